The molecule has 1 aliphatic heterocycles. The molecule has 0 spiro atoms. The molecule has 1 unspecified atom stereocenters. The molecule has 2 rings (SSSR count). The summed E-state index contributed by atoms with van der Waals surface area (Å²) in [4.78, 5) is 2.51. The van der Waals surface area contributed by atoms with E-state index in [4.69, 9.17) is 5.73 Å². The minimum atomic E-state index is 0.287. The van der Waals surface area contributed by atoms with Gasteiger partial charge in [-0.15, -0.1) is 0 Å². The number of anilines is 1. The summed E-state index contributed by atoms with van der Waals surface area (Å²) < 4.78 is 0. The van der Waals surface area contributed by atoms with Crippen molar-refractivity contribution < 1.29 is 0 Å². The van der Waals surface area contributed by atoms with Crippen LogP contribution in [0.4, 0.5) is 5.69 Å². The lowest BCUT2D eigenvalue weighted by molar-refractivity contribution is 0.644. The van der Waals surface area contributed by atoms with Crippen LogP contribution in [0.5, 0.6) is 0 Å². The van der Waals surface area contributed by atoms with Gasteiger partial charge >= 0.3 is 0 Å². The lowest BCUT2D eigenvalue weighted by Crippen LogP contribution is -2.33. The predicted molar refractivity (Wildman–Crippen MR) is 78.0 cm³/mol. The minimum Gasteiger partial charge on any atom is -0.370 e. The average Bonchev–Trinajstić information content (AvgIpc) is 2.40. The van der Waals surface area contributed by atoms with E-state index in [1.54, 1.807) is 0 Å². The summed E-state index contributed by atoms with van der Waals surface area (Å²) in [7, 11) is 0. The first-order chi connectivity index (χ1) is 8.31. The normalized spacial score (nSPS) is 18.1. The zero-order chi connectivity index (χ0) is 12.1. The van der Waals surface area contributed by atoms with Crippen LogP contribution in [-0.4, -0.2) is 30.6 Å². The highest BCUT2D eigenvalue weighted by Gasteiger charge is 2.15. The SMILES string of the molecule is CCC(N)Cc1ccccc1N1CCSCC1. The van der Waals surface area contributed by atoms with Crippen LogP contribution in [0.1, 0.15) is 18.9 Å². The predicted octanol–water partition coefficient (Wildman–Crippen LogP) is 2.52. The van der Waals surface area contributed by atoms with Gasteiger partial charge in [0.25, 0.3) is 0 Å². The maximum absolute atomic E-state index is 6.08. The van der Waals surface area contributed by atoms with E-state index >= 15 is 0 Å². The first-order valence-corrected chi connectivity index (χ1v) is 7.63. The molecule has 0 bridgehead atoms. The number of hydrogen-bond donors (Lipinski definition) is 1. The highest BCUT2D eigenvalue weighted by Crippen LogP contribution is 2.24. The Kier molecular flexibility index (Phi) is 4.75. The molecule has 0 aromatic heterocycles. The van der Waals surface area contributed by atoms with E-state index in [-0.39, 0.29) is 6.04 Å². The van der Waals surface area contributed by atoms with Gasteiger partial charge in [-0.2, -0.15) is 11.8 Å². The monoisotopic (exact) mass is 250 g/mol. The standard InChI is InChI=1S/C14H22N2S/c1-2-13(15)11-12-5-3-4-6-14(12)16-7-9-17-10-8-16/h3-6,13H,2,7-11,15H2,1H3. The molecule has 1 atom stereocenters. The number of para-hydroxylation sites is 1. The second kappa shape index (κ2) is 6.31. The molecule has 94 valence electrons. The summed E-state index contributed by atoms with van der Waals surface area (Å²) in [5.74, 6) is 2.49. The summed E-state index contributed by atoms with van der Waals surface area (Å²) in [6, 6.07) is 9.02. The third kappa shape index (κ3) is 3.39. The van der Waals surface area contributed by atoms with Crippen LogP contribution in [0.15, 0.2) is 24.3 Å². The average molecular weight is 250 g/mol. The highest BCUT2D eigenvalue weighted by atomic mass is 32.2. The third-order valence-electron chi connectivity index (χ3n) is 3.35. The van der Waals surface area contributed by atoms with Crippen LogP contribution >= 0.6 is 11.8 Å². The van der Waals surface area contributed by atoms with E-state index in [2.05, 4.69) is 47.9 Å². The molecule has 2 nitrogen and oxygen atoms in total. The van der Waals surface area contributed by atoms with Crippen molar-refractivity contribution in [3.05, 3.63) is 29.8 Å². The van der Waals surface area contributed by atoms with Crippen LogP contribution in [-0.2, 0) is 6.42 Å². The Morgan fingerprint density at radius 3 is 2.71 bits per heavy atom. The molecule has 0 radical (unpaired) electrons. The van der Waals surface area contributed by atoms with Gasteiger partial charge in [-0.05, 0) is 24.5 Å². The van der Waals surface area contributed by atoms with Crippen LogP contribution in [0.25, 0.3) is 0 Å². The smallest absolute Gasteiger partial charge is 0.0399 e. The van der Waals surface area contributed by atoms with Gasteiger partial charge in [0.15, 0.2) is 0 Å². The van der Waals surface area contributed by atoms with Gasteiger partial charge in [0, 0.05) is 36.3 Å². The van der Waals surface area contributed by atoms with Crippen LogP contribution < -0.4 is 10.6 Å². The summed E-state index contributed by atoms with van der Waals surface area (Å²) in [6.45, 7) is 4.50. The summed E-state index contributed by atoms with van der Waals surface area (Å²) in [5.41, 5.74) is 8.89. The fourth-order valence-corrected chi connectivity index (χ4v) is 3.13. The molecule has 1 aliphatic rings. The van der Waals surface area contributed by atoms with Gasteiger partial charge in [0.1, 0.15) is 0 Å². The molecule has 1 aromatic carbocycles. The molecule has 17 heavy (non-hydrogen) atoms. The van der Waals surface area contributed by atoms with Crippen LogP contribution in [0.2, 0.25) is 0 Å². The maximum atomic E-state index is 6.08. The van der Waals surface area contributed by atoms with Gasteiger partial charge < -0.3 is 10.6 Å². The molecule has 3 heteroatoms. The fourth-order valence-electron chi connectivity index (χ4n) is 2.22. The molecule has 1 heterocycles. The molecular weight excluding hydrogens is 228 g/mol. The highest BCUT2D eigenvalue weighted by molar-refractivity contribution is 7.99. The summed E-state index contributed by atoms with van der Waals surface area (Å²) >= 11 is 2.05. The first-order valence-electron chi connectivity index (χ1n) is 6.47. The zero-order valence-electron chi connectivity index (χ0n) is 10.6. The number of benzene rings is 1. The largest absolute Gasteiger partial charge is 0.370 e. The molecule has 2 N–H and O–H groups in total. The Hall–Kier alpha value is -0.670. The van der Waals surface area contributed by atoms with E-state index in [0.717, 1.165) is 12.8 Å². The van der Waals surface area contributed by atoms with Crippen molar-refractivity contribution in [3.8, 4) is 0 Å². The number of nitrogens with two attached hydrogens (primary N) is 1. The summed E-state index contributed by atoms with van der Waals surface area (Å²) in [6.07, 6.45) is 2.04. The van der Waals surface area contributed by atoms with Crippen molar-refractivity contribution >= 4 is 17.4 Å². The molecular formula is C14H22N2S. The maximum Gasteiger partial charge on any atom is 0.0399 e. The number of hydrogen-bond acceptors (Lipinski definition) is 3. The number of thioether (sulfide) groups is 1. The zero-order valence-corrected chi connectivity index (χ0v) is 11.4. The Balaban J connectivity index is 2.14. The first kappa shape index (κ1) is 12.8. The van der Waals surface area contributed by atoms with E-state index in [9.17, 15) is 0 Å². The minimum absolute atomic E-state index is 0.287. The number of rotatable bonds is 4. The van der Waals surface area contributed by atoms with Crippen LogP contribution in [0, 0.1) is 0 Å². The van der Waals surface area contributed by atoms with Crippen molar-refractivity contribution in [2.45, 2.75) is 25.8 Å². The molecule has 1 fully saturated rings. The molecule has 0 saturated carbocycles. The lowest BCUT2D eigenvalue weighted by atomic mass is 10.0. The fraction of sp³-hybridized carbons (Fsp3) is 0.571. The van der Waals surface area contributed by atoms with E-state index in [1.165, 1.54) is 35.8 Å². The topological polar surface area (TPSA) is 29.3 Å². The van der Waals surface area contributed by atoms with Gasteiger partial charge in [0.05, 0.1) is 0 Å². The Bertz CT molecular complexity index is 348. The third-order valence-corrected chi connectivity index (χ3v) is 4.29. The van der Waals surface area contributed by atoms with Crippen molar-refractivity contribution in [3.63, 3.8) is 0 Å². The molecule has 1 aromatic rings. The van der Waals surface area contributed by atoms with Gasteiger partial charge in [-0.25, -0.2) is 0 Å². The van der Waals surface area contributed by atoms with E-state index < -0.39 is 0 Å². The quantitative estimate of drug-likeness (QED) is 0.890. The van der Waals surface area contributed by atoms with E-state index in [1.807, 2.05) is 0 Å². The second-order valence-corrected chi connectivity index (χ2v) is 5.83. The Morgan fingerprint density at radius 1 is 1.29 bits per heavy atom. The molecule has 0 amide bonds. The van der Waals surface area contributed by atoms with E-state index in [0.29, 0.717) is 0 Å². The van der Waals surface area contributed by atoms with Gasteiger partial charge in [-0.1, -0.05) is 25.1 Å². The second-order valence-electron chi connectivity index (χ2n) is 4.60. The van der Waals surface area contributed by atoms with Gasteiger partial charge in [-0.3, -0.25) is 0 Å². The molecule has 0 aliphatic carbocycles. The van der Waals surface area contributed by atoms with Gasteiger partial charge in [0.2, 0.25) is 0 Å². The number of nitrogens with zero attached hydrogens (tertiary/aromatic N) is 1. The Labute approximate surface area is 109 Å². The van der Waals surface area contributed by atoms with Crippen molar-refractivity contribution in [1.82, 2.24) is 0 Å². The van der Waals surface area contributed by atoms with Crippen molar-refractivity contribution in [2.24, 2.45) is 5.73 Å². The van der Waals surface area contributed by atoms with Crippen LogP contribution in [0.3, 0.4) is 0 Å². The molecule has 1 saturated heterocycles. The lowest BCUT2D eigenvalue weighted by Gasteiger charge is -2.30. The van der Waals surface area contributed by atoms with Crippen molar-refractivity contribution in [2.75, 3.05) is 29.5 Å². The summed E-state index contributed by atoms with van der Waals surface area (Å²) in [5, 5.41) is 0. The van der Waals surface area contributed by atoms with Crippen molar-refractivity contribution in [1.29, 1.82) is 0 Å². The Morgan fingerprint density at radius 2 is 2.00 bits per heavy atom.